The molecule has 0 radical (unpaired) electrons. The molecule has 0 fully saturated rings. The fourth-order valence-corrected chi connectivity index (χ4v) is 2.40. The molecule has 2 nitrogen and oxygen atoms in total. The van der Waals surface area contributed by atoms with Gasteiger partial charge >= 0.3 is 14.5 Å². The third-order valence-corrected chi connectivity index (χ3v) is 3.24. The first kappa shape index (κ1) is 15.5. The lowest BCUT2D eigenvalue weighted by Crippen LogP contribution is -2.20. The molecule has 3 heteroatoms. The maximum Gasteiger partial charge on any atom is 0.455 e. The molecule has 0 aromatic carbocycles. The summed E-state index contributed by atoms with van der Waals surface area (Å²) in [5.41, 5.74) is 0. The van der Waals surface area contributed by atoms with Gasteiger partial charge in [0, 0.05) is 6.61 Å². The summed E-state index contributed by atoms with van der Waals surface area (Å²) in [5.74, 6) is 4.34. The molecule has 90 valence electrons. The molecule has 1 atom stereocenters. The molecule has 0 rings (SSSR count). The van der Waals surface area contributed by atoms with E-state index >= 15 is 0 Å². The van der Waals surface area contributed by atoms with Gasteiger partial charge in [0.15, 0.2) is 0 Å². The lowest BCUT2D eigenvalue weighted by atomic mass is 10.1. The van der Waals surface area contributed by atoms with Crippen molar-refractivity contribution in [3.8, 4) is 0 Å². The van der Waals surface area contributed by atoms with Gasteiger partial charge in [0.2, 0.25) is 0 Å². The summed E-state index contributed by atoms with van der Waals surface area (Å²) < 4.78 is 11.2. The molecule has 0 aliphatic heterocycles. The van der Waals surface area contributed by atoms with Gasteiger partial charge in [0.25, 0.3) is 0 Å². The predicted molar refractivity (Wildman–Crippen MR) is 67.4 cm³/mol. The van der Waals surface area contributed by atoms with E-state index in [9.17, 15) is 0 Å². The second kappa shape index (κ2) is 11.0. The van der Waals surface area contributed by atoms with Crippen LogP contribution in [0, 0.1) is 0 Å². The molecule has 0 aliphatic carbocycles. The molecule has 0 amide bonds. The van der Waals surface area contributed by atoms with Gasteiger partial charge in [-0.05, 0) is 13.3 Å². The second-order valence-electron chi connectivity index (χ2n) is 4.39. The average Bonchev–Trinajstić information content (AvgIpc) is 2.15. The van der Waals surface area contributed by atoms with Crippen LogP contribution in [0.2, 0.25) is 11.6 Å². The Balaban J connectivity index is 3.09. The Labute approximate surface area is 100 Å². The highest BCUT2D eigenvalue weighted by Gasteiger charge is 2.09. The van der Waals surface area contributed by atoms with Crippen molar-refractivity contribution in [2.24, 2.45) is 0 Å². The topological polar surface area (TPSA) is 18.5 Å². The number of hydrogen-bond donors (Lipinski definition) is 0. The number of rotatable bonds is 10. The smallest absolute Gasteiger partial charge is 0.455 e. The highest BCUT2D eigenvalue weighted by atomic mass is 27.2. The van der Waals surface area contributed by atoms with Crippen LogP contribution in [0.1, 0.15) is 52.4 Å². The maximum atomic E-state index is 5.61. The minimum atomic E-state index is -0.928. The maximum absolute atomic E-state index is 5.61. The second-order valence-corrected chi connectivity index (χ2v) is 6.76. The van der Waals surface area contributed by atoms with Gasteiger partial charge in [-0.3, -0.25) is 0 Å². The molecule has 0 saturated carbocycles. The zero-order valence-corrected chi connectivity index (χ0v) is 12.1. The van der Waals surface area contributed by atoms with Crippen LogP contribution in [0.15, 0.2) is 0 Å². The van der Waals surface area contributed by atoms with Crippen molar-refractivity contribution in [2.45, 2.75) is 70.2 Å². The van der Waals surface area contributed by atoms with Crippen LogP contribution < -0.4 is 0 Å². The van der Waals surface area contributed by atoms with E-state index in [4.69, 9.17) is 8.53 Å². The lowest BCUT2D eigenvalue weighted by molar-refractivity contribution is -0.0694. The average molecular weight is 230 g/mol. The van der Waals surface area contributed by atoms with Crippen LogP contribution in [0.4, 0.5) is 0 Å². The van der Waals surface area contributed by atoms with Crippen LogP contribution in [-0.4, -0.2) is 27.4 Å². The summed E-state index contributed by atoms with van der Waals surface area (Å²) in [5, 5.41) is 0. The molecule has 0 aliphatic rings. The van der Waals surface area contributed by atoms with Gasteiger partial charge < -0.3 is 8.53 Å². The van der Waals surface area contributed by atoms with E-state index in [1.54, 1.807) is 0 Å². The standard InChI is InChI=1S/C10H21O2.2CH3.Al/c1-3-4-5-6-7-8-9-12-10(2)11;;;/h10H,3-9H2,1-2H3;2*1H3;/q-1;;;+1. The monoisotopic (exact) mass is 230 g/mol. The third-order valence-electron chi connectivity index (χ3n) is 2.31. The van der Waals surface area contributed by atoms with Crippen molar-refractivity contribution in [2.75, 3.05) is 6.61 Å². The molecular weight excluding hydrogens is 203 g/mol. The van der Waals surface area contributed by atoms with E-state index < -0.39 is 14.5 Å². The summed E-state index contributed by atoms with van der Waals surface area (Å²) in [6.45, 7) is 5.11. The summed E-state index contributed by atoms with van der Waals surface area (Å²) >= 11 is -0.928. The highest BCUT2D eigenvalue weighted by molar-refractivity contribution is 6.48. The molecule has 0 aromatic heterocycles. The Morgan fingerprint density at radius 3 is 2.20 bits per heavy atom. The van der Waals surface area contributed by atoms with E-state index in [0.29, 0.717) is 0 Å². The van der Waals surface area contributed by atoms with E-state index in [1.807, 2.05) is 6.92 Å². The quantitative estimate of drug-likeness (QED) is 0.321. The number of hydrogen-bond acceptors (Lipinski definition) is 2. The Morgan fingerprint density at radius 2 is 1.60 bits per heavy atom. The van der Waals surface area contributed by atoms with E-state index in [0.717, 1.165) is 6.61 Å². The largest absolute Gasteiger partial charge is 0.478 e. The summed E-state index contributed by atoms with van der Waals surface area (Å²) in [4.78, 5) is 0. The zero-order chi connectivity index (χ0) is 11.5. The van der Waals surface area contributed by atoms with E-state index in [-0.39, 0.29) is 6.29 Å². The van der Waals surface area contributed by atoms with Crippen LogP contribution >= 0.6 is 0 Å². The van der Waals surface area contributed by atoms with Crippen molar-refractivity contribution in [1.82, 2.24) is 0 Å². The number of ether oxygens (including phenoxy) is 1. The van der Waals surface area contributed by atoms with Gasteiger partial charge in [0.05, 0.1) is 0 Å². The van der Waals surface area contributed by atoms with Crippen LogP contribution in [-0.2, 0) is 8.53 Å². The van der Waals surface area contributed by atoms with Crippen LogP contribution in [0.5, 0.6) is 0 Å². The van der Waals surface area contributed by atoms with Crippen molar-refractivity contribution >= 4 is 14.5 Å². The first-order valence-corrected chi connectivity index (χ1v) is 9.22. The lowest BCUT2D eigenvalue weighted by Gasteiger charge is -2.15. The van der Waals surface area contributed by atoms with Crippen molar-refractivity contribution in [1.29, 1.82) is 0 Å². The van der Waals surface area contributed by atoms with Crippen LogP contribution in [0.25, 0.3) is 0 Å². The SMILES string of the molecule is CCCCCCCCOC(C)[O][Al]([CH3])[CH3]. The summed E-state index contributed by atoms with van der Waals surface area (Å²) in [7, 11) is 0. The van der Waals surface area contributed by atoms with Crippen molar-refractivity contribution < 1.29 is 8.53 Å². The van der Waals surface area contributed by atoms with E-state index in [1.165, 1.54) is 38.5 Å². The minimum Gasteiger partial charge on any atom is -0.478 e. The first-order valence-electron chi connectivity index (χ1n) is 6.43. The zero-order valence-electron chi connectivity index (χ0n) is 10.9. The van der Waals surface area contributed by atoms with Crippen molar-refractivity contribution in [3.63, 3.8) is 0 Å². The van der Waals surface area contributed by atoms with Gasteiger partial charge in [-0.2, -0.15) is 0 Å². The first-order chi connectivity index (χ1) is 7.16. The fourth-order valence-electron chi connectivity index (χ4n) is 1.55. The Hall–Kier alpha value is 0.452. The normalized spacial score (nSPS) is 12.8. The predicted octanol–water partition coefficient (Wildman–Crippen LogP) is 3.98. The molecule has 15 heavy (non-hydrogen) atoms. The van der Waals surface area contributed by atoms with Crippen LogP contribution in [0.3, 0.4) is 0 Å². The molecular formula is C12H27AlO2. The fraction of sp³-hybridized carbons (Fsp3) is 1.00. The molecule has 1 unspecified atom stereocenters. The molecule has 0 aromatic rings. The Morgan fingerprint density at radius 1 is 1.00 bits per heavy atom. The molecule has 0 bridgehead atoms. The molecule has 0 spiro atoms. The minimum absolute atomic E-state index is 0.00677. The third kappa shape index (κ3) is 12.4. The Kier molecular flexibility index (Phi) is 11.3. The van der Waals surface area contributed by atoms with Gasteiger partial charge in [-0.1, -0.05) is 50.6 Å². The highest BCUT2D eigenvalue weighted by Crippen LogP contribution is 2.06. The van der Waals surface area contributed by atoms with E-state index in [2.05, 4.69) is 18.5 Å². The summed E-state index contributed by atoms with van der Waals surface area (Å²) in [6, 6.07) is 0. The van der Waals surface area contributed by atoms with Gasteiger partial charge in [-0.15, -0.1) is 0 Å². The molecule has 0 N–H and O–H groups in total. The Bertz CT molecular complexity index is 129. The molecule has 0 saturated heterocycles. The van der Waals surface area contributed by atoms with Crippen molar-refractivity contribution in [3.05, 3.63) is 0 Å². The number of unbranched alkanes of at least 4 members (excludes halogenated alkanes) is 5. The van der Waals surface area contributed by atoms with Gasteiger partial charge in [0.1, 0.15) is 6.29 Å². The van der Waals surface area contributed by atoms with Gasteiger partial charge in [-0.25, -0.2) is 0 Å². The summed E-state index contributed by atoms with van der Waals surface area (Å²) in [6.07, 6.45) is 7.91. The molecule has 0 heterocycles.